The van der Waals surface area contributed by atoms with Gasteiger partial charge in [-0.3, -0.25) is 5.32 Å². The molecule has 0 fully saturated rings. The molecule has 2 aromatic rings. The zero-order chi connectivity index (χ0) is 16.4. The van der Waals surface area contributed by atoms with E-state index >= 15 is 0 Å². The van der Waals surface area contributed by atoms with Crippen LogP contribution in [0.1, 0.15) is 36.5 Å². The number of benzene rings is 2. The summed E-state index contributed by atoms with van der Waals surface area (Å²) >= 11 is 1.89. The second-order valence-electron chi connectivity index (χ2n) is 6.40. The predicted molar refractivity (Wildman–Crippen MR) is 102 cm³/mol. The maximum atomic E-state index is 3.68. The average Bonchev–Trinajstić information content (AvgIpc) is 2.90. The van der Waals surface area contributed by atoms with Crippen molar-refractivity contribution < 1.29 is 0 Å². The van der Waals surface area contributed by atoms with Crippen molar-refractivity contribution in [1.29, 1.82) is 0 Å². The van der Waals surface area contributed by atoms with Gasteiger partial charge in [0.15, 0.2) is 0 Å². The summed E-state index contributed by atoms with van der Waals surface area (Å²) in [7, 11) is 0. The fraction of sp³-hybridized carbons (Fsp3) is 0.400. The third-order valence-corrected chi connectivity index (χ3v) is 5.47. The van der Waals surface area contributed by atoms with Gasteiger partial charge in [-0.05, 0) is 56.5 Å². The Labute approximate surface area is 144 Å². The molecule has 3 heteroatoms. The highest BCUT2D eigenvalue weighted by Gasteiger charge is 2.24. The molecule has 0 saturated carbocycles. The summed E-state index contributed by atoms with van der Waals surface area (Å²) in [5.74, 6) is 0. The van der Waals surface area contributed by atoms with Crippen LogP contribution in [0, 0.1) is 20.8 Å². The molecule has 2 nitrogen and oxygen atoms in total. The highest BCUT2D eigenvalue weighted by atomic mass is 32.2. The van der Waals surface area contributed by atoms with Gasteiger partial charge < -0.3 is 5.32 Å². The van der Waals surface area contributed by atoms with E-state index in [0.717, 1.165) is 6.54 Å². The van der Waals surface area contributed by atoms with Crippen LogP contribution in [0.25, 0.3) is 11.1 Å². The topological polar surface area (TPSA) is 24.1 Å². The first kappa shape index (κ1) is 16.4. The minimum Gasteiger partial charge on any atom is -0.360 e. The normalized spacial score (nSPS) is 16.3. The maximum Gasteiger partial charge on any atom is 0.130 e. The molecule has 122 valence electrons. The van der Waals surface area contributed by atoms with Gasteiger partial charge >= 0.3 is 0 Å². The van der Waals surface area contributed by atoms with E-state index in [0.29, 0.717) is 0 Å². The van der Waals surface area contributed by atoms with E-state index in [-0.39, 0.29) is 5.50 Å². The van der Waals surface area contributed by atoms with Crippen molar-refractivity contribution in [1.82, 2.24) is 5.32 Å². The fourth-order valence-corrected chi connectivity index (χ4v) is 4.46. The lowest BCUT2D eigenvalue weighted by Crippen LogP contribution is -2.31. The Morgan fingerprint density at radius 2 is 1.87 bits per heavy atom. The van der Waals surface area contributed by atoms with Crippen molar-refractivity contribution in [3.05, 3.63) is 47.0 Å². The summed E-state index contributed by atoms with van der Waals surface area (Å²) in [5.41, 5.74) is 8.29. The minimum absolute atomic E-state index is 0.281. The minimum atomic E-state index is 0.281. The molecule has 3 rings (SSSR count). The smallest absolute Gasteiger partial charge is 0.130 e. The molecule has 2 aromatic carbocycles. The SMILES string of the molecule is CCCCNC1Nc2c(cccc2-c2c(C)cc(C)cc2C)S1. The third kappa shape index (κ3) is 3.41. The van der Waals surface area contributed by atoms with Crippen LogP contribution in [0.4, 0.5) is 5.69 Å². The van der Waals surface area contributed by atoms with Crippen LogP contribution in [0.3, 0.4) is 0 Å². The van der Waals surface area contributed by atoms with E-state index in [9.17, 15) is 0 Å². The lowest BCUT2D eigenvalue weighted by molar-refractivity contribution is 0.647. The molecule has 0 radical (unpaired) electrons. The first-order chi connectivity index (χ1) is 11.1. The van der Waals surface area contributed by atoms with Crippen LogP contribution >= 0.6 is 11.8 Å². The van der Waals surface area contributed by atoms with Crippen molar-refractivity contribution in [2.75, 3.05) is 11.9 Å². The summed E-state index contributed by atoms with van der Waals surface area (Å²) in [5, 5.41) is 7.28. The van der Waals surface area contributed by atoms with Gasteiger partial charge in [-0.25, -0.2) is 0 Å². The van der Waals surface area contributed by atoms with Gasteiger partial charge in [0.25, 0.3) is 0 Å². The van der Waals surface area contributed by atoms with Gasteiger partial charge in [0.1, 0.15) is 5.50 Å². The zero-order valence-electron chi connectivity index (χ0n) is 14.5. The zero-order valence-corrected chi connectivity index (χ0v) is 15.3. The first-order valence-electron chi connectivity index (χ1n) is 8.48. The Hall–Kier alpha value is -1.45. The lowest BCUT2D eigenvalue weighted by Gasteiger charge is -2.16. The van der Waals surface area contributed by atoms with Crippen LogP contribution in [0.15, 0.2) is 35.2 Å². The number of rotatable bonds is 5. The molecule has 1 heterocycles. The van der Waals surface area contributed by atoms with Crippen LogP contribution in [0.5, 0.6) is 0 Å². The Kier molecular flexibility index (Phi) is 4.98. The number of hydrogen-bond donors (Lipinski definition) is 2. The number of para-hydroxylation sites is 1. The molecule has 0 aromatic heterocycles. The molecule has 0 spiro atoms. The van der Waals surface area contributed by atoms with Gasteiger partial charge in [0.2, 0.25) is 0 Å². The van der Waals surface area contributed by atoms with Crippen molar-refractivity contribution in [2.45, 2.75) is 50.9 Å². The van der Waals surface area contributed by atoms with E-state index in [1.54, 1.807) is 0 Å². The number of aryl methyl sites for hydroxylation is 3. The molecule has 0 aliphatic carbocycles. The van der Waals surface area contributed by atoms with E-state index in [1.165, 1.54) is 51.2 Å². The highest BCUT2D eigenvalue weighted by molar-refractivity contribution is 8.00. The van der Waals surface area contributed by atoms with Crippen molar-refractivity contribution >= 4 is 17.4 Å². The molecule has 1 atom stereocenters. The Balaban J connectivity index is 1.92. The molecule has 0 amide bonds. The van der Waals surface area contributed by atoms with Gasteiger partial charge in [0.05, 0.1) is 5.69 Å². The molecule has 0 saturated heterocycles. The number of anilines is 1. The van der Waals surface area contributed by atoms with Gasteiger partial charge in [-0.1, -0.05) is 54.9 Å². The van der Waals surface area contributed by atoms with Crippen molar-refractivity contribution in [3.63, 3.8) is 0 Å². The van der Waals surface area contributed by atoms with Crippen LogP contribution in [0.2, 0.25) is 0 Å². The van der Waals surface area contributed by atoms with Gasteiger partial charge in [0, 0.05) is 10.5 Å². The third-order valence-electron chi connectivity index (χ3n) is 4.35. The van der Waals surface area contributed by atoms with E-state index < -0.39 is 0 Å². The standard InChI is InChI=1S/C20H26N2S/c1-5-6-10-21-20-22-19-16(8-7-9-17(19)23-20)18-14(3)11-13(2)12-15(18)4/h7-9,11-12,20-22H,5-6,10H2,1-4H3. The van der Waals surface area contributed by atoms with Gasteiger partial charge in [-0.15, -0.1) is 0 Å². The first-order valence-corrected chi connectivity index (χ1v) is 9.36. The quantitative estimate of drug-likeness (QED) is 0.712. The number of hydrogen-bond acceptors (Lipinski definition) is 3. The molecule has 0 bridgehead atoms. The number of unbranched alkanes of at least 4 members (excludes halogenated alkanes) is 1. The summed E-state index contributed by atoms with van der Waals surface area (Å²) in [6, 6.07) is 11.2. The Morgan fingerprint density at radius 3 is 2.57 bits per heavy atom. The summed E-state index contributed by atoms with van der Waals surface area (Å²) in [4.78, 5) is 1.34. The molecular formula is C20H26N2S. The monoisotopic (exact) mass is 326 g/mol. The predicted octanol–water partition coefficient (Wildman–Crippen LogP) is 5.47. The maximum absolute atomic E-state index is 3.68. The second-order valence-corrected chi connectivity index (χ2v) is 7.55. The van der Waals surface area contributed by atoms with E-state index in [2.05, 4.69) is 68.7 Å². The molecule has 23 heavy (non-hydrogen) atoms. The second kappa shape index (κ2) is 6.98. The summed E-state index contributed by atoms with van der Waals surface area (Å²) < 4.78 is 0. The summed E-state index contributed by atoms with van der Waals surface area (Å²) in [6.07, 6.45) is 2.45. The lowest BCUT2D eigenvalue weighted by atomic mass is 9.93. The molecule has 2 N–H and O–H groups in total. The fourth-order valence-electron chi connectivity index (χ4n) is 3.38. The van der Waals surface area contributed by atoms with Crippen LogP contribution in [-0.2, 0) is 0 Å². The van der Waals surface area contributed by atoms with Crippen LogP contribution in [-0.4, -0.2) is 12.0 Å². The number of thioether (sulfide) groups is 1. The van der Waals surface area contributed by atoms with Crippen molar-refractivity contribution in [2.24, 2.45) is 0 Å². The highest BCUT2D eigenvalue weighted by Crippen LogP contribution is 2.45. The largest absolute Gasteiger partial charge is 0.360 e. The average molecular weight is 327 g/mol. The van der Waals surface area contributed by atoms with Crippen LogP contribution < -0.4 is 10.6 Å². The summed E-state index contributed by atoms with van der Waals surface area (Å²) in [6.45, 7) is 9.89. The Morgan fingerprint density at radius 1 is 1.13 bits per heavy atom. The number of nitrogens with one attached hydrogen (secondary N) is 2. The van der Waals surface area contributed by atoms with E-state index in [1.807, 2.05) is 11.8 Å². The molecule has 1 aliphatic rings. The molecule has 1 aliphatic heterocycles. The Bertz CT molecular complexity index is 686. The number of fused-ring (bicyclic) bond motifs is 1. The van der Waals surface area contributed by atoms with Gasteiger partial charge in [-0.2, -0.15) is 0 Å². The van der Waals surface area contributed by atoms with E-state index in [4.69, 9.17) is 0 Å². The molecule has 1 unspecified atom stereocenters. The van der Waals surface area contributed by atoms with Crippen molar-refractivity contribution in [3.8, 4) is 11.1 Å². The molecular weight excluding hydrogens is 300 g/mol.